The van der Waals surface area contributed by atoms with Gasteiger partial charge in [0.15, 0.2) is 5.96 Å². The Bertz CT molecular complexity index is 435. The number of aromatic nitrogens is 1. The van der Waals surface area contributed by atoms with Gasteiger partial charge in [-0.25, -0.2) is 4.98 Å². The summed E-state index contributed by atoms with van der Waals surface area (Å²) in [6.45, 7) is 6.56. The topological polar surface area (TPSA) is 61.8 Å². The minimum absolute atomic E-state index is 0.716. The quantitative estimate of drug-likeness (QED) is 0.386. The highest BCUT2D eigenvalue weighted by molar-refractivity contribution is 7.11. The van der Waals surface area contributed by atoms with Crippen LogP contribution < -0.4 is 10.6 Å². The number of hydrogen-bond acceptors (Lipinski definition) is 5. The fourth-order valence-electron chi connectivity index (χ4n) is 1.93. The second-order valence-corrected chi connectivity index (χ2v) is 6.28. The molecule has 0 aliphatic carbocycles. The second kappa shape index (κ2) is 11.4. The number of rotatable bonds is 10. The number of guanidine groups is 1. The minimum Gasteiger partial charge on any atom is -0.385 e. The summed E-state index contributed by atoms with van der Waals surface area (Å²) in [5, 5.41) is 7.72. The number of nitrogens with zero attached hydrogens (tertiary/aromatic N) is 3. The average molecular weight is 327 g/mol. The molecule has 126 valence electrons. The Balaban J connectivity index is 2.19. The van der Waals surface area contributed by atoms with Crippen LogP contribution >= 0.6 is 11.3 Å². The summed E-state index contributed by atoms with van der Waals surface area (Å²) < 4.78 is 5.06. The lowest BCUT2D eigenvalue weighted by Gasteiger charge is -2.17. The fourth-order valence-corrected chi connectivity index (χ4v) is 2.73. The van der Waals surface area contributed by atoms with Gasteiger partial charge in [0, 0.05) is 51.5 Å². The van der Waals surface area contributed by atoms with Gasteiger partial charge in [-0.05, 0) is 19.9 Å². The largest absolute Gasteiger partial charge is 0.385 e. The summed E-state index contributed by atoms with van der Waals surface area (Å²) in [4.78, 5) is 12.2. The second-order valence-electron chi connectivity index (χ2n) is 5.08. The van der Waals surface area contributed by atoms with E-state index < -0.39 is 0 Å². The zero-order valence-electron chi connectivity index (χ0n) is 14.2. The van der Waals surface area contributed by atoms with Crippen LogP contribution in [-0.4, -0.2) is 63.3 Å². The molecule has 6 nitrogen and oxygen atoms in total. The molecule has 0 bridgehead atoms. The predicted molar refractivity (Wildman–Crippen MR) is 93.7 cm³/mol. The smallest absolute Gasteiger partial charge is 0.191 e. The molecular formula is C15H29N5OS. The molecular weight excluding hydrogens is 298 g/mol. The predicted octanol–water partition coefficient (Wildman–Crippen LogP) is 1.34. The molecule has 0 spiro atoms. The zero-order valence-corrected chi connectivity index (χ0v) is 15.0. The number of aryl methyl sites for hydroxylation is 1. The molecule has 0 aromatic carbocycles. The Morgan fingerprint density at radius 2 is 2.23 bits per heavy atom. The van der Waals surface area contributed by atoms with Crippen molar-refractivity contribution in [1.82, 2.24) is 20.5 Å². The number of aliphatic imine (C=N–C) groups is 1. The number of likely N-dealkylation sites (N-methyl/N-ethyl adjacent to an activating group) is 1. The van der Waals surface area contributed by atoms with Gasteiger partial charge in [-0.3, -0.25) is 4.99 Å². The first-order valence-corrected chi connectivity index (χ1v) is 8.56. The third-order valence-corrected chi connectivity index (χ3v) is 4.40. The van der Waals surface area contributed by atoms with E-state index in [4.69, 9.17) is 4.74 Å². The number of thiazole rings is 1. The SMILES string of the molecule is CCc1cnc(CNC(=NC)NCCN(C)CCCOC)s1. The van der Waals surface area contributed by atoms with Crippen molar-refractivity contribution in [3.63, 3.8) is 0 Å². The first kappa shape index (κ1) is 18.9. The molecule has 0 aliphatic heterocycles. The summed E-state index contributed by atoms with van der Waals surface area (Å²) in [6.07, 6.45) is 4.05. The maximum Gasteiger partial charge on any atom is 0.191 e. The summed E-state index contributed by atoms with van der Waals surface area (Å²) in [6, 6.07) is 0. The zero-order chi connectivity index (χ0) is 16.2. The Morgan fingerprint density at radius 3 is 2.86 bits per heavy atom. The Kier molecular flexibility index (Phi) is 9.77. The van der Waals surface area contributed by atoms with Crippen molar-refractivity contribution in [2.75, 3.05) is 47.4 Å². The molecule has 22 heavy (non-hydrogen) atoms. The van der Waals surface area contributed by atoms with E-state index in [1.54, 1.807) is 25.5 Å². The normalized spacial score (nSPS) is 12.0. The molecule has 0 aliphatic rings. The van der Waals surface area contributed by atoms with Crippen molar-refractivity contribution in [2.45, 2.75) is 26.3 Å². The van der Waals surface area contributed by atoms with E-state index in [0.29, 0.717) is 6.54 Å². The molecule has 0 atom stereocenters. The third kappa shape index (κ3) is 7.72. The van der Waals surface area contributed by atoms with E-state index in [2.05, 4.69) is 39.5 Å². The van der Waals surface area contributed by atoms with Crippen LogP contribution in [0.4, 0.5) is 0 Å². The molecule has 1 rings (SSSR count). The van der Waals surface area contributed by atoms with Gasteiger partial charge in [0.05, 0.1) is 6.54 Å². The van der Waals surface area contributed by atoms with E-state index in [1.807, 2.05) is 6.20 Å². The summed E-state index contributed by atoms with van der Waals surface area (Å²) in [5.74, 6) is 0.818. The highest BCUT2D eigenvalue weighted by Crippen LogP contribution is 2.12. The first-order valence-electron chi connectivity index (χ1n) is 7.75. The van der Waals surface area contributed by atoms with Gasteiger partial charge in [-0.15, -0.1) is 11.3 Å². The molecule has 2 N–H and O–H groups in total. The van der Waals surface area contributed by atoms with Gasteiger partial charge >= 0.3 is 0 Å². The van der Waals surface area contributed by atoms with Crippen LogP contribution in [0.3, 0.4) is 0 Å². The van der Waals surface area contributed by atoms with Crippen molar-refractivity contribution in [1.29, 1.82) is 0 Å². The number of ether oxygens (including phenoxy) is 1. The molecule has 0 saturated heterocycles. The van der Waals surface area contributed by atoms with Gasteiger partial charge in [0.1, 0.15) is 5.01 Å². The van der Waals surface area contributed by atoms with Crippen LogP contribution in [0.15, 0.2) is 11.2 Å². The van der Waals surface area contributed by atoms with Gasteiger partial charge in [-0.1, -0.05) is 6.92 Å². The highest BCUT2D eigenvalue weighted by atomic mass is 32.1. The van der Waals surface area contributed by atoms with Gasteiger partial charge in [0.2, 0.25) is 0 Å². The molecule has 0 unspecified atom stereocenters. The van der Waals surface area contributed by atoms with Gasteiger partial charge < -0.3 is 20.3 Å². The first-order chi connectivity index (χ1) is 10.7. The standard InChI is InChI=1S/C15H29N5OS/c1-5-13-11-18-14(22-13)12-19-15(16-2)17-7-9-20(3)8-6-10-21-4/h11H,5-10,12H2,1-4H3,(H2,16,17,19). The Hall–Kier alpha value is -1.18. The van der Waals surface area contributed by atoms with Crippen LogP contribution in [0, 0.1) is 0 Å². The van der Waals surface area contributed by atoms with Crippen LogP contribution in [0.2, 0.25) is 0 Å². The summed E-state index contributed by atoms with van der Waals surface area (Å²) >= 11 is 1.75. The van der Waals surface area contributed by atoms with Crippen LogP contribution in [0.25, 0.3) is 0 Å². The average Bonchev–Trinajstić information content (AvgIpc) is 2.99. The van der Waals surface area contributed by atoms with Crippen molar-refractivity contribution < 1.29 is 4.74 Å². The maximum absolute atomic E-state index is 5.06. The molecule has 0 amide bonds. The van der Waals surface area contributed by atoms with E-state index in [-0.39, 0.29) is 0 Å². The molecule has 1 aromatic rings. The Labute approximate surface area is 138 Å². The molecule has 0 fully saturated rings. The summed E-state index contributed by atoms with van der Waals surface area (Å²) in [5.41, 5.74) is 0. The van der Waals surface area contributed by atoms with Gasteiger partial charge in [0.25, 0.3) is 0 Å². The van der Waals surface area contributed by atoms with E-state index >= 15 is 0 Å². The van der Waals surface area contributed by atoms with E-state index in [0.717, 1.165) is 50.0 Å². The number of nitrogens with one attached hydrogen (secondary N) is 2. The van der Waals surface area contributed by atoms with E-state index in [1.165, 1.54) is 4.88 Å². The molecule has 1 aromatic heterocycles. The number of methoxy groups -OCH3 is 1. The lowest BCUT2D eigenvalue weighted by molar-refractivity contribution is 0.180. The van der Waals surface area contributed by atoms with E-state index in [9.17, 15) is 0 Å². The molecule has 0 radical (unpaired) electrons. The van der Waals surface area contributed by atoms with Crippen LogP contribution in [-0.2, 0) is 17.7 Å². The molecule has 1 heterocycles. The number of hydrogen-bond donors (Lipinski definition) is 2. The van der Waals surface area contributed by atoms with Gasteiger partial charge in [-0.2, -0.15) is 0 Å². The maximum atomic E-state index is 5.06. The highest BCUT2D eigenvalue weighted by Gasteiger charge is 2.03. The van der Waals surface area contributed by atoms with Crippen molar-refractivity contribution in [3.05, 3.63) is 16.1 Å². The Morgan fingerprint density at radius 1 is 1.41 bits per heavy atom. The fraction of sp³-hybridized carbons (Fsp3) is 0.733. The monoisotopic (exact) mass is 327 g/mol. The van der Waals surface area contributed by atoms with Crippen molar-refractivity contribution >= 4 is 17.3 Å². The lowest BCUT2D eigenvalue weighted by Crippen LogP contribution is -2.40. The van der Waals surface area contributed by atoms with Crippen LogP contribution in [0.1, 0.15) is 23.2 Å². The lowest BCUT2D eigenvalue weighted by atomic mass is 10.4. The summed E-state index contributed by atoms with van der Waals surface area (Å²) in [7, 11) is 5.65. The van der Waals surface area contributed by atoms with Crippen molar-refractivity contribution in [3.8, 4) is 0 Å². The molecule has 0 saturated carbocycles. The van der Waals surface area contributed by atoms with Crippen LogP contribution in [0.5, 0.6) is 0 Å². The van der Waals surface area contributed by atoms with Crippen molar-refractivity contribution in [2.24, 2.45) is 4.99 Å². The third-order valence-electron chi connectivity index (χ3n) is 3.25. The molecule has 7 heteroatoms. The minimum atomic E-state index is 0.716.